The van der Waals surface area contributed by atoms with Gasteiger partial charge in [0, 0.05) is 23.3 Å². The van der Waals surface area contributed by atoms with E-state index in [2.05, 4.69) is 25.4 Å². The van der Waals surface area contributed by atoms with E-state index in [9.17, 15) is 9.18 Å². The monoisotopic (exact) mass is 380 g/mol. The molecule has 0 spiro atoms. The molecule has 1 N–H and O–H groups in total. The van der Waals surface area contributed by atoms with Crippen LogP contribution < -0.4 is 5.32 Å². The van der Waals surface area contributed by atoms with Gasteiger partial charge in [0.25, 0.3) is 5.91 Å². The van der Waals surface area contributed by atoms with Crippen LogP contribution in [-0.4, -0.2) is 30.6 Å². The number of anilines is 1. The summed E-state index contributed by atoms with van der Waals surface area (Å²) in [6.45, 7) is 1.87. The molecule has 0 aliphatic heterocycles. The molecule has 0 fully saturated rings. The van der Waals surface area contributed by atoms with Gasteiger partial charge in [-0.15, -0.1) is 11.3 Å². The first-order valence-electron chi connectivity index (χ1n) is 7.96. The van der Waals surface area contributed by atoms with Crippen LogP contribution in [0.2, 0.25) is 0 Å². The highest BCUT2D eigenvalue weighted by Gasteiger charge is 2.14. The van der Waals surface area contributed by atoms with Crippen molar-refractivity contribution in [3.63, 3.8) is 0 Å². The Labute approximate surface area is 157 Å². The summed E-state index contributed by atoms with van der Waals surface area (Å²) in [5.41, 5.74) is 2.15. The summed E-state index contributed by atoms with van der Waals surface area (Å²) in [6, 6.07) is 5.75. The van der Waals surface area contributed by atoms with Crippen LogP contribution >= 0.6 is 11.3 Å². The maximum absolute atomic E-state index is 13.7. The molecule has 7 nitrogen and oxygen atoms in total. The summed E-state index contributed by atoms with van der Waals surface area (Å²) >= 11 is 1.48. The number of carbonyl (C=O) groups excluding carboxylic acids is 1. The minimum atomic E-state index is -0.593. The van der Waals surface area contributed by atoms with E-state index in [1.807, 2.05) is 18.5 Å². The largest absolute Gasteiger partial charge is 0.305 e. The second-order valence-corrected chi connectivity index (χ2v) is 6.48. The van der Waals surface area contributed by atoms with Crippen LogP contribution in [0.4, 0.5) is 10.2 Å². The molecule has 9 heteroatoms. The molecule has 0 bridgehead atoms. The van der Waals surface area contributed by atoms with Crippen LogP contribution in [0, 0.1) is 12.7 Å². The van der Waals surface area contributed by atoms with Crippen molar-refractivity contribution in [3.8, 4) is 16.4 Å². The van der Waals surface area contributed by atoms with Gasteiger partial charge in [0.15, 0.2) is 5.82 Å². The maximum Gasteiger partial charge on any atom is 0.259 e. The SMILES string of the molecule is Cc1nn(-c2nccs2)cc1-c1cnc(NC(=O)c2ccccc2F)cn1. The highest BCUT2D eigenvalue weighted by Crippen LogP contribution is 2.23. The summed E-state index contributed by atoms with van der Waals surface area (Å²) in [6.07, 6.45) is 6.50. The second kappa shape index (κ2) is 7.04. The van der Waals surface area contributed by atoms with Crippen molar-refractivity contribution in [1.29, 1.82) is 0 Å². The van der Waals surface area contributed by atoms with Gasteiger partial charge in [-0.3, -0.25) is 9.78 Å². The van der Waals surface area contributed by atoms with Gasteiger partial charge in [0.05, 0.1) is 29.3 Å². The lowest BCUT2D eigenvalue weighted by Gasteiger charge is -2.05. The molecule has 134 valence electrons. The third-order valence-electron chi connectivity index (χ3n) is 3.80. The molecule has 0 saturated heterocycles. The summed E-state index contributed by atoms with van der Waals surface area (Å²) in [4.78, 5) is 24.9. The van der Waals surface area contributed by atoms with Gasteiger partial charge in [-0.2, -0.15) is 5.10 Å². The van der Waals surface area contributed by atoms with Crippen LogP contribution in [0.1, 0.15) is 16.1 Å². The Morgan fingerprint density at radius 1 is 1.19 bits per heavy atom. The van der Waals surface area contributed by atoms with E-state index >= 15 is 0 Å². The van der Waals surface area contributed by atoms with Crippen molar-refractivity contribution in [3.05, 3.63) is 71.5 Å². The lowest BCUT2D eigenvalue weighted by molar-refractivity contribution is 0.102. The number of hydrogen-bond donors (Lipinski definition) is 1. The van der Waals surface area contributed by atoms with E-state index in [-0.39, 0.29) is 11.4 Å². The molecular formula is C18H13FN6OS. The van der Waals surface area contributed by atoms with Gasteiger partial charge >= 0.3 is 0 Å². The number of thiazole rings is 1. The number of benzene rings is 1. The topological polar surface area (TPSA) is 85.6 Å². The Bertz CT molecular complexity index is 1090. The molecule has 0 radical (unpaired) electrons. The Morgan fingerprint density at radius 2 is 2.04 bits per heavy atom. The number of halogens is 1. The predicted molar refractivity (Wildman–Crippen MR) is 99.4 cm³/mol. The summed E-state index contributed by atoms with van der Waals surface area (Å²) < 4.78 is 15.4. The van der Waals surface area contributed by atoms with Gasteiger partial charge in [-0.25, -0.2) is 19.0 Å². The molecular weight excluding hydrogens is 367 g/mol. The Hall–Kier alpha value is -3.46. The van der Waals surface area contributed by atoms with Crippen molar-refractivity contribution in [2.24, 2.45) is 0 Å². The molecule has 4 rings (SSSR count). The highest BCUT2D eigenvalue weighted by molar-refractivity contribution is 7.12. The van der Waals surface area contributed by atoms with Crippen molar-refractivity contribution in [2.45, 2.75) is 6.92 Å². The van der Waals surface area contributed by atoms with E-state index in [0.29, 0.717) is 5.69 Å². The number of aryl methyl sites for hydroxylation is 1. The zero-order valence-electron chi connectivity index (χ0n) is 14.1. The first kappa shape index (κ1) is 17.0. The van der Waals surface area contributed by atoms with Crippen molar-refractivity contribution >= 4 is 23.1 Å². The number of nitrogens with zero attached hydrogens (tertiary/aromatic N) is 5. The molecule has 1 amide bonds. The fraction of sp³-hybridized carbons (Fsp3) is 0.0556. The van der Waals surface area contributed by atoms with Gasteiger partial charge in [-0.1, -0.05) is 12.1 Å². The molecule has 1 aromatic carbocycles. The molecule has 0 aliphatic rings. The minimum Gasteiger partial charge on any atom is -0.305 e. The summed E-state index contributed by atoms with van der Waals surface area (Å²) in [5.74, 6) is -0.940. The van der Waals surface area contributed by atoms with Gasteiger partial charge in [-0.05, 0) is 19.1 Å². The lowest BCUT2D eigenvalue weighted by atomic mass is 10.2. The fourth-order valence-electron chi connectivity index (χ4n) is 2.50. The predicted octanol–water partition coefficient (Wildman–Crippen LogP) is 3.49. The van der Waals surface area contributed by atoms with Gasteiger partial charge in [0.2, 0.25) is 5.13 Å². The number of hydrogen-bond acceptors (Lipinski definition) is 6. The Morgan fingerprint density at radius 3 is 2.74 bits per heavy atom. The average Bonchev–Trinajstić information content (AvgIpc) is 3.32. The number of nitrogens with one attached hydrogen (secondary N) is 1. The van der Waals surface area contributed by atoms with E-state index in [1.165, 1.54) is 41.9 Å². The first-order valence-corrected chi connectivity index (χ1v) is 8.84. The average molecular weight is 380 g/mol. The number of aromatic nitrogens is 5. The number of rotatable bonds is 4. The molecule has 0 atom stereocenters. The number of amides is 1. The fourth-order valence-corrected chi connectivity index (χ4v) is 3.07. The van der Waals surface area contributed by atoms with Gasteiger partial charge < -0.3 is 5.32 Å². The normalized spacial score (nSPS) is 10.7. The molecule has 4 aromatic rings. The lowest BCUT2D eigenvalue weighted by Crippen LogP contribution is -2.14. The maximum atomic E-state index is 13.7. The summed E-state index contributed by atoms with van der Waals surface area (Å²) in [7, 11) is 0. The van der Waals surface area contributed by atoms with E-state index in [0.717, 1.165) is 16.4 Å². The zero-order valence-corrected chi connectivity index (χ0v) is 14.9. The number of carbonyl (C=O) groups is 1. The molecule has 0 saturated carbocycles. The van der Waals surface area contributed by atoms with Crippen LogP contribution in [0.15, 0.2) is 54.4 Å². The molecule has 0 aliphatic carbocycles. The molecule has 3 aromatic heterocycles. The minimum absolute atomic E-state index is 0.0519. The Kier molecular flexibility index (Phi) is 4.43. The molecule has 27 heavy (non-hydrogen) atoms. The van der Waals surface area contributed by atoms with E-state index < -0.39 is 11.7 Å². The van der Waals surface area contributed by atoms with Crippen molar-refractivity contribution < 1.29 is 9.18 Å². The van der Waals surface area contributed by atoms with E-state index in [4.69, 9.17) is 0 Å². The van der Waals surface area contributed by atoms with E-state index in [1.54, 1.807) is 16.9 Å². The van der Waals surface area contributed by atoms with Crippen molar-refractivity contribution in [1.82, 2.24) is 24.7 Å². The highest BCUT2D eigenvalue weighted by atomic mass is 32.1. The zero-order chi connectivity index (χ0) is 18.8. The third-order valence-corrected chi connectivity index (χ3v) is 4.56. The van der Waals surface area contributed by atoms with Crippen LogP contribution in [-0.2, 0) is 0 Å². The van der Waals surface area contributed by atoms with Gasteiger partial charge in [0.1, 0.15) is 5.82 Å². The third kappa shape index (κ3) is 3.44. The Balaban J connectivity index is 1.55. The summed E-state index contributed by atoms with van der Waals surface area (Å²) in [5, 5.41) is 9.60. The van der Waals surface area contributed by atoms with Crippen LogP contribution in [0.3, 0.4) is 0 Å². The first-order chi connectivity index (χ1) is 13.1. The van der Waals surface area contributed by atoms with Crippen LogP contribution in [0.5, 0.6) is 0 Å². The quantitative estimate of drug-likeness (QED) is 0.586. The molecule has 0 unspecified atom stereocenters. The van der Waals surface area contributed by atoms with Crippen molar-refractivity contribution in [2.75, 3.05) is 5.32 Å². The molecule has 3 heterocycles. The second-order valence-electron chi connectivity index (χ2n) is 5.61. The van der Waals surface area contributed by atoms with Crippen LogP contribution in [0.25, 0.3) is 16.4 Å². The standard InChI is InChI=1S/C18H13FN6OS/c1-11-13(10-25(24-11)18-20-6-7-27-18)15-8-22-16(9-21-15)23-17(26)12-4-2-3-5-14(12)19/h2-10H,1H3,(H,22,23,26). The smallest absolute Gasteiger partial charge is 0.259 e.